The number of nitrogens with one attached hydrogen (secondary N) is 2. The Balaban J connectivity index is 1.53. The average Bonchev–Trinajstić information content (AvgIpc) is 3.09. The highest BCUT2D eigenvalue weighted by Crippen LogP contribution is 2.59. The van der Waals surface area contributed by atoms with Crippen LogP contribution >= 0.6 is 11.8 Å². The van der Waals surface area contributed by atoms with Gasteiger partial charge in [-0.2, -0.15) is 5.10 Å². The first kappa shape index (κ1) is 24.3. The highest BCUT2D eigenvalue weighted by atomic mass is 32.2. The van der Waals surface area contributed by atoms with Gasteiger partial charge in [-0.05, 0) is 75.2 Å². The first-order valence-electron chi connectivity index (χ1n) is 12.1. The molecule has 2 unspecified atom stereocenters. The normalized spacial score (nSPS) is 30.9. The smallest absolute Gasteiger partial charge is 0.255 e. The van der Waals surface area contributed by atoms with E-state index >= 15 is 0 Å². The summed E-state index contributed by atoms with van der Waals surface area (Å²) in [6.07, 6.45) is 10.9. The lowest BCUT2D eigenvalue weighted by molar-refractivity contribution is -0.120. The minimum absolute atomic E-state index is 0.0607. The van der Waals surface area contributed by atoms with Crippen LogP contribution in [0.25, 0.3) is 6.20 Å². The number of amides is 2. The van der Waals surface area contributed by atoms with Gasteiger partial charge in [-0.25, -0.2) is 4.68 Å². The Morgan fingerprint density at radius 3 is 2.55 bits per heavy atom. The molecule has 0 aromatic carbocycles. The van der Waals surface area contributed by atoms with Crippen LogP contribution in [0.1, 0.15) is 77.1 Å². The number of carbonyl (C=O) groups excluding carboxylic acids is 2. The third-order valence-corrected chi connectivity index (χ3v) is 8.61. The Kier molecular flexibility index (Phi) is 6.71. The molecule has 4 saturated carbocycles. The first-order chi connectivity index (χ1) is 15.5. The van der Waals surface area contributed by atoms with Gasteiger partial charge in [0.15, 0.2) is 0 Å². The van der Waals surface area contributed by atoms with Crippen LogP contribution in [0.3, 0.4) is 0 Å². The molecule has 2 amide bonds. The number of aliphatic hydroxyl groups is 1. The van der Waals surface area contributed by atoms with E-state index in [1.807, 2.05) is 26.1 Å². The molecule has 182 valence electrons. The second kappa shape index (κ2) is 9.10. The van der Waals surface area contributed by atoms with Gasteiger partial charge in [0.25, 0.3) is 5.91 Å². The lowest BCUT2D eigenvalue weighted by Gasteiger charge is -2.59. The van der Waals surface area contributed by atoms with Crippen LogP contribution in [0, 0.1) is 23.2 Å². The number of nitrogens with zero attached hydrogens (tertiary/aromatic N) is 2. The zero-order valence-corrected chi connectivity index (χ0v) is 21.2. The number of carbonyl (C=O) groups is 2. The summed E-state index contributed by atoms with van der Waals surface area (Å²) in [6, 6.07) is 0.184. The van der Waals surface area contributed by atoms with Gasteiger partial charge in [0.2, 0.25) is 5.91 Å². The van der Waals surface area contributed by atoms with Gasteiger partial charge in [0.1, 0.15) is 5.03 Å². The molecule has 33 heavy (non-hydrogen) atoms. The number of aliphatic hydroxyl groups excluding tert-OH is 1. The second-order valence-electron chi connectivity index (χ2n) is 11.3. The summed E-state index contributed by atoms with van der Waals surface area (Å²) in [5, 5.41) is 21.9. The third kappa shape index (κ3) is 5.16. The maximum atomic E-state index is 13.4. The zero-order valence-electron chi connectivity index (χ0n) is 20.4. The molecule has 8 heteroatoms. The predicted molar refractivity (Wildman–Crippen MR) is 131 cm³/mol. The highest BCUT2D eigenvalue weighted by Gasteiger charge is 2.55. The largest absolute Gasteiger partial charge is 0.396 e. The molecule has 1 heterocycles. The van der Waals surface area contributed by atoms with Crippen LogP contribution in [0.5, 0.6) is 0 Å². The van der Waals surface area contributed by atoms with E-state index < -0.39 is 5.54 Å². The summed E-state index contributed by atoms with van der Waals surface area (Å²) in [5.74, 6) is 1.47. The van der Waals surface area contributed by atoms with Crippen LogP contribution in [0.15, 0.2) is 17.3 Å². The Morgan fingerprint density at radius 2 is 1.97 bits per heavy atom. The number of hydrogen-bond donors (Lipinski definition) is 3. The second-order valence-corrected chi connectivity index (χ2v) is 12.9. The zero-order chi connectivity index (χ0) is 24.0. The molecular weight excluding hydrogens is 436 g/mol. The van der Waals surface area contributed by atoms with Gasteiger partial charge in [-0.1, -0.05) is 13.8 Å². The van der Waals surface area contributed by atoms with Gasteiger partial charge < -0.3 is 15.7 Å². The molecule has 1 aromatic rings. The Bertz CT molecular complexity index is 922. The lowest BCUT2D eigenvalue weighted by Crippen LogP contribution is -2.60. The van der Waals surface area contributed by atoms with Gasteiger partial charge in [0.05, 0.1) is 17.3 Å². The Labute approximate surface area is 201 Å². The maximum Gasteiger partial charge on any atom is 0.255 e. The molecule has 4 aliphatic carbocycles. The summed E-state index contributed by atoms with van der Waals surface area (Å²) >= 11 is 1.61. The molecular formula is C25H38N4O3S. The Hall–Kier alpha value is -1.80. The van der Waals surface area contributed by atoms with E-state index in [2.05, 4.69) is 29.6 Å². The van der Waals surface area contributed by atoms with Crippen molar-refractivity contribution in [3.63, 3.8) is 0 Å². The van der Waals surface area contributed by atoms with Crippen molar-refractivity contribution >= 4 is 29.8 Å². The molecule has 0 spiro atoms. The van der Waals surface area contributed by atoms with Crippen LogP contribution in [-0.2, 0) is 4.79 Å². The number of aromatic nitrogens is 2. The molecule has 2 atom stereocenters. The van der Waals surface area contributed by atoms with E-state index in [0.717, 1.165) is 37.1 Å². The van der Waals surface area contributed by atoms with E-state index in [-0.39, 0.29) is 35.1 Å². The van der Waals surface area contributed by atoms with Crippen molar-refractivity contribution in [3.8, 4) is 0 Å². The fraction of sp³-hybridized carbons (Fsp3) is 0.720. The quantitative estimate of drug-likeness (QED) is 0.500. The molecule has 1 aromatic heterocycles. The number of hydrogen-bond acceptors (Lipinski definition) is 5. The minimum atomic E-state index is -0.525. The summed E-state index contributed by atoms with van der Waals surface area (Å²) < 4.78 is 1.74. The van der Waals surface area contributed by atoms with Crippen molar-refractivity contribution in [1.82, 2.24) is 20.4 Å². The average molecular weight is 475 g/mol. The molecule has 3 N–H and O–H groups in total. The van der Waals surface area contributed by atoms with Crippen molar-refractivity contribution < 1.29 is 14.7 Å². The lowest BCUT2D eigenvalue weighted by atomic mass is 9.48. The fourth-order valence-corrected chi connectivity index (χ4v) is 7.49. The summed E-state index contributed by atoms with van der Waals surface area (Å²) in [5.41, 5.74) is 0.164. The van der Waals surface area contributed by atoms with Crippen LogP contribution in [-0.4, -0.2) is 50.1 Å². The van der Waals surface area contributed by atoms with Gasteiger partial charge >= 0.3 is 0 Å². The van der Waals surface area contributed by atoms with E-state index in [9.17, 15) is 14.7 Å². The topological polar surface area (TPSA) is 96.2 Å². The van der Waals surface area contributed by atoms with Gasteiger partial charge in [-0.15, -0.1) is 11.8 Å². The minimum Gasteiger partial charge on any atom is -0.396 e. The summed E-state index contributed by atoms with van der Waals surface area (Å²) in [6.45, 7) is 9.81. The maximum absolute atomic E-state index is 13.4. The van der Waals surface area contributed by atoms with E-state index in [4.69, 9.17) is 0 Å². The first-order valence-corrected chi connectivity index (χ1v) is 13.0. The van der Waals surface area contributed by atoms with Crippen molar-refractivity contribution in [2.24, 2.45) is 23.2 Å². The number of rotatable bonds is 8. The van der Waals surface area contributed by atoms with Gasteiger partial charge in [-0.3, -0.25) is 9.59 Å². The number of thioether (sulfide) groups is 1. The monoisotopic (exact) mass is 474 g/mol. The van der Waals surface area contributed by atoms with Gasteiger partial charge in [0, 0.05) is 31.0 Å². The van der Waals surface area contributed by atoms with Crippen molar-refractivity contribution in [2.75, 3.05) is 6.61 Å². The van der Waals surface area contributed by atoms with Crippen LogP contribution < -0.4 is 10.6 Å². The molecule has 4 aliphatic rings. The van der Waals surface area contributed by atoms with E-state index in [1.54, 1.807) is 22.6 Å². The Morgan fingerprint density at radius 1 is 1.30 bits per heavy atom. The van der Waals surface area contributed by atoms with Crippen molar-refractivity contribution in [3.05, 3.63) is 17.8 Å². The van der Waals surface area contributed by atoms with E-state index in [0.29, 0.717) is 23.3 Å². The predicted octanol–water partition coefficient (Wildman–Crippen LogP) is 3.69. The van der Waals surface area contributed by atoms with Crippen molar-refractivity contribution in [2.45, 2.75) is 88.6 Å². The molecule has 4 fully saturated rings. The third-order valence-electron chi connectivity index (χ3n) is 7.51. The molecule has 0 aliphatic heterocycles. The van der Waals surface area contributed by atoms with E-state index in [1.165, 1.54) is 6.92 Å². The van der Waals surface area contributed by atoms with Crippen molar-refractivity contribution in [1.29, 1.82) is 0 Å². The molecule has 0 radical (unpaired) electrons. The van der Waals surface area contributed by atoms with Crippen LogP contribution in [0.4, 0.5) is 0 Å². The van der Waals surface area contributed by atoms with Crippen LogP contribution in [0.2, 0.25) is 0 Å². The molecule has 0 saturated heterocycles. The molecule has 5 rings (SSSR count). The summed E-state index contributed by atoms with van der Waals surface area (Å²) in [7, 11) is 0. The fourth-order valence-electron chi connectivity index (χ4n) is 6.56. The SMILES string of the molecule is CC(=O)NC(C)(C)/C=C/n1ncc(C(=O)N[C@H]2C3CC4CC2C[C@](CO)(C4)C3)c1SC(C)C. The molecule has 4 bridgehead atoms. The standard InChI is InChI=1S/C25H38N4O3S/c1-15(2)33-23-20(13-26-29(23)7-6-24(4,5)28-16(3)31)22(32)27-21-18-8-17-9-19(21)12-25(10-17,11-18)14-30/h6-7,13,15,17-19,21,30H,8-12,14H2,1-5H3,(H,27,32)(H,28,31)/b7-6+/t17?,18?,19?,21-,25-. The summed E-state index contributed by atoms with van der Waals surface area (Å²) in [4.78, 5) is 24.9. The molecule has 7 nitrogen and oxygen atoms in total. The highest BCUT2D eigenvalue weighted by molar-refractivity contribution is 7.99.